The van der Waals surface area contributed by atoms with Crippen LogP contribution in [-0.4, -0.2) is 21.8 Å². The first-order valence-corrected chi connectivity index (χ1v) is 4.91. The van der Waals surface area contributed by atoms with Gasteiger partial charge in [0, 0.05) is 23.5 Å². The zero-order valence-electron chi connectivity index (χ0n) is 9.23. The van der Waals surface area contributed by atoms with Crippen molar-refractivity contribution < 1.29 is 4.74 Å². The number of H-pyrrole nitrogens is 1. The van der Waals surface area contributed by atoms with Gasteiger partial charge in [-0.2, -0.15) is 5.10 Å². The van der Waals surface area contributed by atoms with Crippen LogP contribution in [0, 0.1) is 6.92 Å². The molecule has 0 aliphatic rings. The average molecular weight is 240 g/mol. The predicted octanol–water partition coefficient (Wildman–Crippen LogP) is 2.60. The summed E-state index contributed by atoms with van der Waals surface area (Å²) in [6, 6.07) is 3.86. The Morgan fingerprint density at radius 3 is 2.62 bits per heavy atom. The van der Waals surface area contributed by atoms with Crippen molar-refractivity contribution in [2.24, 2.45) is 0 Å². The van der Waals surface area contributed by atoms with E-state index < -0.39 is 0 Å². The van der Waals surface area contributed by atoms with Crippen LogP contribution in [0.25, 0.3) is 11.3 Å². The molecule has 0 aliphatic heterocycles. The van der Waals surface area contributed by atoms with E-state index in [1.807, 2.05) is 26.0 Å². The van der Waals surface area contributed by atoms with Crippen LogP contribution in [0.15, 0.2) is 24.5 Å². The minimum absolute atomic E-state index is 0. The van der Waals surface area contributed by atoms with Crippen LogP contribution in [0.2, 0.25) is 0 Å². The van der Waals surface area contributed by atoms with Gasteiger partial charge in [0.1, 0.15) is 0 Å². The monoisotopic (exact) mass is 239 g/mol. The second-order valence-corrected chi connectivity index (χ2v) is 3.20. The largest absolute Gasteiger partial charge is 0.478 e. The molecule has 0 amide bonds. The first-order chi connectivity index (χ1) is 7.33. The molecule has 86 valence electrons. The summed E-state index contributed by atoms with van der Waals surface area (Å²) in [5.41, 5.74) is 2.99. The van der Waals surface area contributed by atoms with Gasteiger partial charge in [0.15, 0.2) is 0 Å². The molecule has 0 saturated carbocycles. The van der Waals surface area contributed by atoms with Gasteiger partial charge < -0.3 is 4.74 Å². The lowest BCUT2D eigenvalue weighted by atomic mass is 10.1. The summed E-state index contributed by atoms with van der Waals surface area (Å²) in [6.07, 6.45) is 3.51. The molecule has 1 N–H and O–H groups in total. The van der Waals surface area contributed by atoms with Crippen molar-refractivity contribution in [2.45, 2.75) is 13.8 Å². The fraction of sp³-hybridized carbons (Fsp3) is 0.273. The summed E-state index contributed by atoms with van der Waals surface area (Å²) >= 11 is 0. The Balaban J connectivity index is 0.00000128. The Morgan fingerprint density at radius 2 is 2.00 bits per heavy atom. The summed E-state index contributed by atoms with van der Waals surface area (Å²) < 4.78 is 5.41. The number of halogens is 1. The highest BCUT2D eigenvalue weighted by molar-refractivity contribution is 5.85. The van der Waals surface area contributed by atoms with Crippen LogP contribution in [-0.2, 0) is 0 Å². The summed E-state index contributed by atoms with van der Waals surface area (Å²) in [6.45, 7) is 4.58. The molecular formula is C11H14ClN3O. The van der Waals surface area contributed by atoms with E-state index in [0.29, 0.717) is 6.61 Å². The van der Waals surface area contributed by atoms with E-state index in [-0.39, 0.29) is 12.4 Å². The summed E-state index contributed by atoms with van der Waals surface area (Å²) in [5, 5.41) is 7.11. The molecule has 4 nitrogen and oxygen atoms in total. The van der Waals surface area contributed by atoms with Crippen LogP contribution in [0.3, 0.4) is 0 Å². The summed E-state index contributed by atoms with van der Waals surface area (Å²) in [5.74, 6) is 0.740. The topological polar surface area (TPSA) is 50.8 Å². The molecule has 0 aliphatic carbocycles. The molecule has 0 aromatic carbocycles. The van der Waals surface area contributed by atoms with E-state index in [0.717, 1.165) is 22.7 Å². The van der Waals surface area contributed by atoms with Crippen molar-refractivity contribution in [3.8, 4) is 17.1 Å². The van der Waals surface area contributed by atoms with E-state index in [4.69, 9.17) is 4.74 Å². The third kappa shape index (κ3) is 2.33. The zero-order chi connectivity index (χ0) is 10.7. The Morgan fingerprint density at radius 1 is 1.31 bits per heavy atom. The molecule has 0 saturated heterocycles. The molecule has 0 radical (unpaired) electrons. The number of pyridine rings is 1. The highest BCUT2D eigenvalue weighted by Crippen LogP contribution is 2.26. The quantitative estimate of drug-likeness (QED) is 0.896. The highest BCUT2D eigenvalue weighted by Gasteiger charge is 2.10. The van der Waals surface area contributed by atoms with Gasteiger partial charge in [-0.1, -0.05) is 0 Å². The Bertz CT molecular complexity index is 442. The molecule has 0 bridgehead atoms. The minimum atomic E-state index is 0. The molecule has 0 spiro atoms. The lowest BCUT2D eigenvalue weighted by Gasteiger charge is -2.00. The SMILES string of the molecule is CCOc1[nH]nc(-c2ccncc2)c1C.Cl. The van der Waals surface area contributed by atoms with Crippen molar-refractivity contribution >= 4 is 12.4 Å². The number of nitrogens with zero attached hydrogens (tertiary/aromatic N) is 2. The van der Waals surface area contributed by atoms with E-state index in [2.05, 4.69) is 15.2 Å². The van der Waals surface area contributed by atoms with Crippen molar-refractivity contribution in [3.05, 3.63) is 30.1 Å². The number of nitrogens with one attached hydrogen (secondary N) is 1. The first-order valence-electron chi connectivity index (χ1n) is 4.91. The van der Waals surface area contributed by atoms with Gasteiger partial charge in [0.25, 0.3) is 0 Å². The highest BCUT2D eigenvalue weighted by atomic mass is 35.5. The van der Waals surface area contributed by atoms with Gasteiger partial charge in [-0.15, -0.1) is 12.4 Å². The van der Waals surface area contributed by atoms with E-state index in [9.17, 15) is 0 Å². The third-order valence-electron chi connectivity index (χ3n) is 2.21. The number of ether oxygens (including phenoxy) is 1. The van der Waals surface area contributed by atoms with Crippen LogP contribution in [0.5, 0.6) is 5.88 Å². The van der Waals surface area contributed by atoms with Crippen LogP contribution in [0.4, 0.5) is 0 Å². The van der Waals surface area contributed by atoms with E-state index >= 15 is 0 Å². The fourth-order valence-corrected chi connectivity index (χ4v) is 1.46. The maximum absolute atomic E-state index is 5.41. The summed E-state index contributed by atoms with van der Waals surface area (Å²) in [7, 11) is 0. The van der Waals surface area contributed by atoms with Crippen LogP contribution >= 0.6 is 12.4 Å². The molecule has 0 unspecified atom stereocenters. The first kappa shape index (κ1) is 12.5. The number of rotatable bonds is 3. The van der Waals surface area contributed by atoms with Gasteiger partial charge in [-0.3, -0.25) is 4.98 Å². The zero-order valence-corrected chi connectivity index (χ0v) is 10.0. The lowest BCUT2D eigenvalue weighted by Crippen LogP contribution is -1.92. The standard InChI is InChI=1S/C11H13N3O.ClH/c1-3-15-11-8(2)10(13-14-11)9-4-6-12-7-5-9;/h4-7H,3H2,1-2H3,(H,13,14);1H. The van der Waals surface area contributed by atoms with Crippen molar-refractivity contribution in [3.63, 3.8) is 0 Å². The van der Waals surface area contributed by atoms with E-state index in [1.165, 1.54) is 0 Å². The molecule has 0 atom stereocenters. The van der Waals surface area contributed by atoms with E-state index in [1.54, 1.807) is 12.4 Å². The number of hydrogen-bond donors (Lipinski definition) is 1. The molecule has 2 aromatic rings. The van der Waals surface area contributed by atoms with Crippen LogP contribution < -0.4 is 4.74 Å². The number of hydrogen-bond acceptors (Lipinski definition) is 3. The van der Waals surface area contributed by atoms with Crippen LogP contribution in [0.1, 0.15) is 12.5 Å². The predicted molar refractivity (Wildman–Crippen MR) is 65.0 cm³/mol. The van der Waals surface area contributed by atoms with Gasteiger partial charge in [0.05, 0.1) is 12.3 Å². The maximum Gasteiger partial charge on any atom is 0.212 e. The fourth-order valence-electron chi connectivity index (χ4n) is 1.46. The second-order valence-electron chi connectivity index (χ2n) is 3.20. The molecule has 0 fully saturated rings. The van der Waals surface area contributed by atoms with Crippen molar-refractivity contribution in [1.29, 1.82) is 0 Å². The second kappa shape index (κ2) is 5.51. The molecule has 2 aromatic heterocycles. The minimum Gasteiger partial charge on any atom is -0.478 e. The molecule has 5 heteroatoms. The van der Waals surface area contributed by atoms with Gasteiger partial charge >= 0.3 is 0 Å². The van der Waals surface area contributed by atoms with Crippen molar-refractivity contribution in [1.82, 2.24) is 15.2 Å². The normalized spacial score (nSPS) is 9.62. The Kier molecular flexibility index (Phi) is 4.31. The van der Waals surface area contributed by atoms with Gasteiger partial charge in [-0.05, 0) is 26.0 Å². The Labute approximate surface area is 100 Å². The maximum atomic E-state index is 5.41. The molecule has 2 heterocycles. The van der Waals surface area contributed by atoms with Gasteiger partial charge in [-0.25, -0.2) is 5.10 Å². The smallest absolute Gasteiger partial charge is 0.212 e. The number of aromatic amines is 1. The average Bonchev–Trinajstić information content (AvgIpc) is 2.63. The Hall–Kier alpha value is -1.55. The number of aromatic nitrogens is 3. The van der Waals surface area contributed by atoms with Crippen molar-refractivity contribution in [2.75, 3.05) is 6.61 Å². The summed E-state index contributed by atoms with van der Waals surface area (Å²) in [4.78, 5) is 3.97. The van der Waals surface area contributed by atoms with Gasteiger partial charge in [0.2, 0.25) is 5.88 Å². The third-order valence-corrected chi connectivity index (χ3v) is 2.21. The molecular weight excluding hydrogens is 226 g/mol. The molecule has 16 heavy (non-hydrogen) atoms. The lowest BCUT2D eigenvalue weighted by molar-refractivity contribution is 0.324. The molecule has 2 rings (SSSR count).